The maximum atomic E-state index is 8.90. The van der Waals surface area contributed by atoms with Gasteiger partial charge in [0.1, 0.15) is 0 Å². The minimum atomic E-state index is -0.000872. The molecule has 0 radical (unpaired) electrons. The topological polar surface area (TPSA) is 32.3 Å². The summed E-state index contributed by atoms with van der Waals surface area (Å²) >= 11 is 5.28. The third kappa shape index (κ3) is 4.23. The first-order valence-corrected chi connectivity index (χ1v) is 6.66. The van der Waals surface area contributed by atoms with Gasteiger partial charge in [-0.15, -0.1) is 11.3 Å². The molecular formula is C11H18BrNOS. The lowest BCUT2D eigenvalue weighted by Crippen LogP contribution is -2.39. The molecule has 1 heterocycles. The van der Waals surface area contributed by atoms with E-state index in [2.05, 4.69) is 48.1 Å². The molecule has 0 bridgehead atoms. The number of hydrogen-bond donors (Lipinski definition) is 2. The first kappa shape index (κ1) is 13.2. The van der Waals surface area contributed by atoms with Gasteiger partial charge in [0, 0.05) is 23.6 Å². The lowest BCUT2D eigenvalue weighted by Gasteiger charge is -2.25. The Balaban J connectivity index is 2.49. The van der Waals surface area contributed by atoms with Gasteiger partial charge in [0.25, 0.3) is 0 Å². The molecule has 0 amide bonds. The number of thiophene rings is 1. The van der Waals surface area contributed by atoms with Crippen LogP contribution in [0.1, 0.15) is 30.7 Å². The molecule has 0 aliphatic carbocycles. The van der Waals surface area contributed by atoms with Crippen LogP contribution in [-0.2, 0) is 6.54 Å². The zero-order valence-electron chi connectivity index (χ0n) is 9.43. The third-order valence-corrected chi connectivity index (χ3v) is 4.52. The van der Waals surface area contributed by atoms with Crippen molar-refractivity contribution in [1.82, 2.24) is 5.32 Å². The maximum absolute atomic E-state index is 8.90. The fourth-order valence-electron chi connectivity index (χ4n) is 1.30. The second kappa shape index (κ2) is 5.43. The van der Waals surface area contributed by atoms with Crippen molar-refractivity contribution in [3.8, 4) is 0 Å². The molecule has 0 saturated carbocycles. The number of hydrogen-bond acceptors (Lipinski definition) is 3. The molecule has 4 heteroatoms. The summed E-state index contributed by atoms with van der Waals surface area (Å²) in [5.41, 5.74) is 1.29. The molecule has 0 aliphatic heterocycles. The van der Waals surface area contributed by atoms with E-state index in [0.717, 1.165) is 13.0 Å². The number of aryl methyl sites for hydroxylation is 1. The van der Waals surface area contributed by atoms with Crippen molar-refractivity contribution < 1.29 is 5.11 Å². The van der Waals surface area contributed by atoms with Crippen LogP contribution < -0.4 is 5.32 Å². The largest absolute Gasteiger partial charge is 0.396 e. The van der Waals surface area contributed by atoms with Crippen molar-refractivity contribution in [2.75, 3.05) is 6.61 Å². The van der Waals surface area contributed by atoms with Gasteiger partial charge in [-0.2, -0.15) is 0 Å². The van der Waals surface area contributed by atoms with E-state index >= 15 is 0 Å². The molecule has 0 saturated heterocycles. The minimum Gasteiger partial charge on any atom is -0.396 e. The van der Waals surface area contributed by atoms with Gasteiger partial charge < -0.3 is 10.4 Å². The molecule has 2 nitrogen and oxygen atoms in total. The lowest BCUT2D eigenvalue weighted by molar-refractivity contribution is 0.230. The van der Waals surface area contributed by atoms with Gasteiger partial charge in [0.2, 0.25) is 0 Å². The molecule has 15 heavy (non-hydrogen) atoms. The number of aliphatic hydroxyl groups excluding tert-OH is 1. The standard InChI is InChI=1S/C11H18BrNOS/c1-8-6-9(15-10(8)12)7-13-11(2,3)4-5-14/h6,13-14H,4-5,7H2,1-3H3. The smallest absolute Gasteiger partial charge is 0.0730 e. The minimum absolute atomic E-state index is 0.000872. The monoisotopic (exact) mass is 291 g/mol. The lowest BCUT2D eigenvalue weighted by atomic mass is 10.0. The summed E-state index contributed by atoms with van der Waals surface area (Å²) in [6.45, 7) is 7.41. The highest BCUT2D eigenvalue weighted by molar-refractivity contribution is 9.11. The molecule has 1 aromatic heterocycles. The van der Waals surface area contributed by atoms with E-state index in [1.807, 2.05) is 0 Å². The summed E-state index contributed by atoms with van der Waals surface area (Å²) in [7, 11) is 0. The number of halogens is 1. The third-order valence-electron chi connectivity index (χ3n) is 2.39. The summed E-state index contributed by atoms with van der Waals surface area (Å²) in [5, 5.41) is 12.3. The first-order chi connectivity index (χ1) is 6.94. The molecule has 0 unspecified atom stereocenters. The van der Waals surface area contributed by atoms with Gasteiger partial charge in [-0.25, -0.2) is 0 Å². The fraction of sp³-hybridized carbons (Fsp3) is 0.636. The van der Waals surface area contributed by atoms with Crippen LogP contribution in [0.3, 0.4) is 0 Å². The van der Waals surface area contributed by atoms with E-state index in [1.54, 1.807) is 11.3 Å². The average molecular weight is 292 g/mol. The Labute approximate surface area is 104 Å². The molecule has 0 aromatic carbocycles. The van der Waals surface area contributed by atoms with Gasteiger partial charge in [-0.05, 0) is 54.8 Å². The van der Waals surface area contributed by atoms with Gasteiger partial charge in [-0.3, -0.25) is 0 Å². The van der Waals surface area contributed by atoms with Gasteiger partial charge in [0.15, 0.2) is 0 Å². The van der Waals surface area contributed by atoms with Gasteiger partial charge in [0.05, 0.1) is 3.79 Å². The Morgan fingerprint density at radius 3 is 2.67 bits per heavy atom. The van der Waals surface area contributed by atoms with Crippen molar-refractivity contribution in [3.05, 3.63) is 20.3 Å². The number of rotatable bonds is 5. The highest BCUT2D eigenvalue weighted by Gasteiger charge is 2.16. The van der Waals surface area contributed by atoms with E-state index in [1.165, 1.54) is 14.2 Å². The Hall–Kier alpha value is 0.100. The van der Waals surface area contributed by atoms with Crippen molar-refractivity contribution >= 4 is 27.3 Å². The molecular weight excluding hydrogens is 274 g/mol. The first-order valence-electron chi connectivity index (χ1n) is 5.05. The normalized spacial score (nSPS) is 12.1. The SMILES string of the molecule is Cc1cc(CNC(C)(C)CCO)sc1Br. The van der Waals surface area contributed by atoms with Gasteiger partial charge in [-0.1, -0.05) is 0 Å². The zero-order valence-corrected chi connectivity index (χ0v) is 11.8. The molecule has 86 valence electrons. The molecule has 1 rings (SSSR count). The number of nitrogens with one attached hydrogen (secondary N) is 1. The van der Waals surface area contributed by atoms with Crippen LogP contribution in [0.25, 0.3) is 0 Å². The van der Waals surface area contributed by atoms with E-state index in [9.17, 15) is 0 Å². The summed E-state index contributed by atoms with van der Waals surface area (Å²) < 4.78 is 1.21. The summed E-state index contributed by atoms with van der Waals surface area (Å²) in [6, 6.07) is 2.19. The van der Waals surface area contributed by atoms with Crippen molar-refractivity contribution in [1.29, 1.82) is 0 Å². The van der Waals surface area contributed by atoms with Crippen LogP contribution >= 0.6 is 27.3 Å². The fourth-order valence-corrected chi connectivity index (χ4v) is 2.87. The molecule has 2 N–H and O–H groups in total. The summed E-state index contributed by atoms with van der Waals surface area (Å²) in [4.78, 5) is 1.32. The van der Waals surface area contributed by atoms with E-state index in [-0.39, 0.29) is 12.1 Å². The molecule has 1 aromatic rings. The predicted molar refractivity (Wildman–Crippen MR) is 69.4 cm³/mol. The van der Waals surface area contributed by atoms with Crippen LogP contribution in [0, 0.1) is 6.92 Å². The van der Waals surface area contributed by atoms with Crippen molar-refractivity contribution in [3.63, 3.8) is 0 Å². The van der Waals surface area contributed by atoms with Crippen LogP contribution in [0.2, 0.25) is 0 Å². The van der Waals surface area contributed by atoms with Crippen LogP contribution in [-0.4, -0.2) is 17.3 Å². The maximum Gasteiger partial charge on any atom is 0.0730 e. The van der Waals surface area contributed by atoms with Gasteiger partial charge >= 0.3 is 0 Å². The Kier molecular flexibility index (Phi) is 4.77. The van der Waals surface area contributed by atoms with Crippen LogP contribution in [0.4, 0.5) is 0 Å². The Bertz CT molecular complexity index is 303. The van der Waals surface area contributed by atoms with E-state index in [0.29, 0.717) is 0 Å². The second-order valence-corrected chi connectivity index (χ2v) is 6.84. The predicted octanol–water partition coefficient (Wildman–Crippen LogP) is 3.07. The van der Waals surface area contributed by atoms with Crippen LogP contribution in [0.15, 0.2) is 9.85 Å². The van der Waals surface area contributed by atoms with Crippen LogP contribution in [0.5, 0.6) is 0 Å². The highest BCUT2D eigenvalue weighted by Crippen LogP contribution is 2.27. The Morgan fingerprint density at radius 1 is 1.53 bits per heavy atom. The molecule has 0 aliphatic rings. The summed E-state index contributed by atoms with van der Waals surface area (Å²) in [6.07, 6.45) is 0.776. The molecule has 0 fully saturated rings. The van der Waals surface area contributed by atoms with Crippen molar-refractivity contribution in [2.45, 2.75) is 39.3 Å². The van der Waals surface area contributed by atoms with Crippen molar-refractivity contribution in [2.24, 2.45) is 0 Å². The molecule has 0 atom stereocenters. The quantitative estimate of drug-likeness (QED) is 0.874. The summed E-state index contributed by atoms with van der Waals surface area (Å²) in [5.74, 6) is 0. The van der Waals surface area contributed by atoms with E-state index in [4.69, 9.17) is 5.11 Å². The second-order valence-electron chi connectivity index (χ2n) is 4.38. The zero-order chi connectivity index (χ0) is 11.5. The van der Waals surface area contributed by atoms with E-state index < -0.39 is 0 Å². The number of aliphatic hydroxyl groups is 1. The average Bonchev–Trinajstić information content (AvgIpc) is 2.44. The Morgan fingerprint density at radius 2 is 2.20 bits per heavy atom. The highest BCUT2D eigenvalue weighted by atomic mass is 79.9. The molecule has 0 spiro atoms.